The molecule has 0 aromatic heterocycles. The standard InChI is InChI=1S/C10H19N3S/c1-8-9(2)14-7-6-13(8)10-11-4-5-12(10)3/h8-9H,4-7H2,1-3H3. The van der Waals surface area contributed by atoms with Crippen molar-refractivity contribution in [1.82, 2.24) is 9.80 Å². The van der Waals surface area contributed by atoms with E-state index < -0.39 is 0 Å². The molecule has 4 heteroatoms. The molecule has 0 saturated carbocycles. The molecule has 14 heavy (non-hydrogen) atoms. The van der Waals surface area contributed by atoms with E-state index in [2.05, 4.69) is 47.4 Å². The topological polar surface area (TPSA) is 18.8 Å². The minimum Gasteiger partial charge on any atom is -0.344 e. The Morgan fingerprint density at radius 3 is 2.79 bits per heavy atom. The molecular weight excluding hydrogens is 194 g/mol. The lowest BCUT2D eigenvalue weighted by Gasteiger charge is -2.40. The Hall–Kier alpha value is -0.380. The molecule has 2 rings (SSSR count). The molecule has 2 atom stereocenters. The van der Waals surface area contributed by atoms with Gasteiger partial charge in [0.05, 0.1) is 6.54 Å². The Kier molecular flexibility index (Phi) is 2.91. The van der Waals surface area contributed by atoms with E-state index in [1.54, 1.807) is 0 Å². The van der Waals surface area contributed by atoms with Gasteiger partial charge in [-0.3, -0.25) is 4.99 Å². The monoisotopic (exact) mass is 213 g/mol. The fourth-order valence-electron chi connectivity index (χ4n) is 2.05. The van der Waals surface area contributed by atoms with Crippen LogP contribution in [0.2, 0.25) is 0 Å². The highest BCUT2D eigenvalue weighted by Gasteiger charge is 2.30. The molecule has 0 radical (unpaired) electrons. The summed E-state index contributed by atoms with van der Waals surface area (Å²) in [6, 6.07) is 0.619. The third kappa shape index (κ3) is 1.72. The summed E-state index contributed by atoms with van der Waals surface area (Å²) in [5.74, 6) is 2.45. The summed E-state index contributed by atoms with van der Waals surface area (Å²) < 4.78 is 0. The average Bonchev–Trinajstić information content (AvgIpc) is 2.57. The fraction of sp³-hybridized carbons (Fsp3) is 0.900. The fourth-order valence-corrected chi connectivity index (χ4v) is 3.15. The van der Waals surface area contributed by atoms with E-state index in [4.69, 9.17) is 0 Å². The largest absolute Gasteiger partial charge is 0.344 e. The molecule has 0 aliphatic carbocycles. The van der Waals surface area contributed by atoms with Gasteiger partial charge in [0.25, 0.3) is 0 Å². The molecule has 0 spiro atoms. The highest BCUT2D eigenvalue weighted by Crippen LogP contribution is 2.25. The smallest absolute Gasteiger partial charge is 0.196 e. The van der Waals surface area contributed by atoms with Gasteiger partial charge >= 0.3 is 0 Å². The minimum absolute atomic E-state index is 0.619. The van der Waals surface area contributed by atoms with Crippen molar-refractivity contribution >= 4 is 17.7 Å². The van der Waals surface area contributed by atoms with E-state index in [0.717, 1.165) is 24.9 Å². The maximum absolute atomic E-state index is 4.58. The number of likely N-dealkylation sites (N-methyl/N-ethyl adjacent to an activating group) is 1. The zero-order valence-corrected chi connectivity index (χ0v) is 10.0. The van der Waals surface area contributed by atoms with E-state index >= 15 is 0 Å². The Bertz CT molecular complexity index is 242. The first-order valence-electron chi connectivity index (χ1n) is 5.34. The second-order valence-electron chi connectivity index (χ2n) is 4.11. The predicted molar refractivity (Wildman–Crippen MR) is 63.0 cm³/mol. The molecule has 0 aromatic carbocycles. The van der Waals surface area contributed by atoms with E-state index in [9.17, 15) is 0 Å². The molecule has 1 fully saturated rings. The first-order chi connectivity index (χ1) is 6.70. The first-order valence-corrected chi connectivity index (χ1v) is 6.39. The number of nitrogens with zero attached hydrogens (tertiary/aromatic N) is 3. The van der Waals surface area contributed by atoms with Gasteiger partial charge in [-0.1, -0.05) is 6.92 Å². The number of guanidine groups is 1. The minimum atomic E-state index is 0.619. The molecule has 0 N–H and O–H groups in total. The van der Waals surface area contributed by atoms with Crippen LogP contribution < -0.4 is 0 Å². The van der Waals surface area contributed by atoms with Crippen molar-refractivity contribution in [2.45, 2.75) is 25.1 Å². The van der Waals surface area contributed by atoms with Crippen molar-refractivity contribution in [2.24, 2.45) is 4.99 Å². The maximum Gasteiger partial charge on any atom is 0.196 e. The Morgan fingerprint density at radius 2 is 2.14 bits per heavy atom. The number of hydrogen-bond acceptors (Lipinski definition) is 4. The van der Waals surface area contributed by atoms with E-state index in [-0.39, 0.29) is 0 Å². The van der Waals surface area contributed by atoms with Crippen LogP contribution in [0, 0.1) is 0 Å². The molecule has 2 heterocycles. The van der Waals surface area contributed by atoms with Crippen molar-refractivity contribution < 1.29 is 0 Å². The average molecular weight is 213 g/mol. The SMILES string of the molecule is CC1SCCN(C2=NCCN2C)C1C. The van der Waals surface area contributed by atoms with E-state index in [0.29, 0.717) is 6.04 Å². The van der Waals surface area contributed by atoms with Crippen LogP contribution in [0.15, 0.2) is 4.99 Å². The second-order valence-corrected chi connectivity index (χ2v) is 5.60. The highest BCUT2D eigenvalue weighted by atomic mass is 32.2. The molecule has 2 aliphatic rings. The Balaban J connectivity index is 2.09. The molecule has 0 bridgehead atoms. The number of aliphatic imine (C=N–C) groups is 1. The highest BCUT2D eigenvalue weighted by molar-refractivity contribution is 8.00. The van der Waals surface area contributed by atoms with E-state index in [1.807, 2.05) is 0 Å². The second kappa shape index (κ2) is 4.01. The summed E-state index contributed by atoms with van der Waals surface area (Å²) in [5.41, 5.74) is 0. The zero-order chi connectivity index (χ0) is 10.1. The number of hydrogen-bond donors (Lipinski definition) is 0. The Labute approximate surface area is 90.6 Å². The summed E-state index contributed by atoms with van der Waals surface area (Å²) in [4.78, 5) is 9.33. The van der Waals surface area contributed by atoms with Crippen molar-refractivity contribution in [1.29, 1.82) is 0 Å². The van der Waals surface area contributed by atoms with Crippen molar-refractivity contribution in [2.75, 3.05) is 32.4 Å². The normalized spacial score (nSPS) is 33.5. The quantitative estimate of drug-likeness (QED) is 0.601. The molecule has 1 saturated heterocycles. The summed E-state index contributed by atoms with van der Waals surface area (Å²) >= 11 is 2.07. The maximum atomic E-state index is 4.58. The molecule has 2 unspecified atom stereocenters. The first kappa shape index (κ1) is 10.1. The molecule has 3 nitrogen and oxygen atoms in total. The third-order valence-electron chi connectivity index (χ3n) is 3.17. The van der Waals surface area contributed by atoms with Crippen LogP contribution in [0.1, 0.15) is 13.8 Å². The summed E-state index contributed by atoms with van der Waals surface area (Å²) in [5, 5.41) is 0.723. The van der Waals surface area contributed by atoms with Gasteiger partial charge in [-0.15, -0.1) is 0 Å². The number of thioether (sulfide) groups is 1. The predicted octanol–water partition coefficient (Wildman–Crippen LogP) is 1.11. The lowest BCUT2D eigenvalue weighted by molar-refractivity contribution is 0.299. The molecule has 80 valence electrons. The van der Waals surface area contributed by atoms with Crippen LogP contribution in [0.4, 0.5) is 0 Å². The van der Waals surface area contributed by atoms with Gasteiger partial charge in [-0.2, -0.15) is 11.8 Å². The molecule has 2 aliphatic heterocycles. The molecular formula is C10H19N3S. The zero-order valence-electron chi connectivity index (χ0n) is 9.23. The van der Waals surface area contributed by atoms with Gasteiger partial charge in [0.1, 0.15) is 0 Å². The third-order valence-corrected chi connectivity index (χ3v) is 4.51. The summed E-state index contributed by atoms with van der Waals surface area (Å²) in [6.45, 7) is 7.83. The Morgan fingerprint density at radius 1 is 1.36 bits per heavy atom. The molecule has 0 aromatic rings. The van der Waals surface area contributed by atoms with Crippen LogP contribution in [-0.4, -0.2) is 59.5 Å². The van der Waals surface area contributed by atoms with Crippen LogP contribution in [0.3, 0.4) is 0 Å². The van der Waals surface area contributed by atoms with Gasteiger partial charge < -0.3 is 9.80 Å². The lowest BCUT2D eigenvalue weighted by Crippen LogP contribution is -2.51. The van der Waals surface area contributed by atoms with Crippen LogP contribution >= 0.6 is 11.8 Å². The van der Waals surface area contributed by atoms with Crippen LogP contribution in [-0.2, 0) is 0 Å². The number of rotatable bonds is 0. The van der Waals surface area contributed by atoms with Crippen molar-refractivity contribution in [3.05, 3.63) is 0 Å². The lowest BCUT2D eigenvalue weighted by atomic mass is 10.2. The van der Waals surface area contributed by atoms with Crippen LogP contribution in [0.5, 0.6) is 0 Å². The van der Waals surface area contributed by atoms with Crippen molar-refractivity contribution in [3.63, 3.8) is 0 Å². The van der Waals surface area contributed by atoms with E-state index in [1.165, 1.54) is 11.7 Å². The van der Waals surface area contributed by atoms with Gasteiger partial charge in [0.2, 0.25) is 0 Å². The van der Waals surface area contributed by atoms with Crippen LogP contribution in [0.25, 0.3) is 0 Å². The van der Waals surface area contributed by atoms with Gasteiger partial charge in [0.15, 0.2) is 5.96 Å². The van der Waals surface area contributed by atoms with Gasteiger partial charge in [-0.25, -0.2) is 0 Å². The van der Waals surface area contributed by atoms with Gasteiger partial charge in [-0.05, 0) is 6.92 Å². The summed E-state index contributed by atoms with van der Waals surface area (Å²) in [7, 11) is 2.14. The summed E-state index contributed by atoms with van der Waals surface area (Å²) in [6.07, 6.45) is 0. The van der Waals surface area contributed by atoms with Crippen molar-refractivity contribution in [3.8, 4) is 0 Å². The molecule has 0 amide bonds. The van der Waals surface area contributed by atoms with Gasteiger partial charge in [0, 0.05) is 37.2 Å².